The fraction of sp³-hybridized carbons (Fsp3) is 0.739. The summed E-state index contributed by atoms with van der Waals surface area (Å²) < 4.78 is 10.00. The van der Waals surface area contributed by atoms with Gasteiger partial charge in [0, 0.05) is 25.7 Å². The van der Waals surface area contributed by atoms with Gasteiger partial charge in [-0.05, 0) is 31.3 Å². The maximum absolute atomic E-state index is 11.4. The van der Waals surface area contributed by atoms with Crippen LogP contribution in [0.1, 0.15) is 84.5 Å². The highest BCUT2D eigenvalue weighted by molar-refractivity contribution is 5.69. The van der Waals surface area contributed by atoms with Gasteiger partial charge in [-0.1, -0.05) is 51.2 Å². The molecule has 0 bridgehead atoms. The van der Waals surface area contributed by atoms with Crippen LogP contribution < -0.4 is 0 Å². The Kier molecular flexibility index (Phi) is 12.6. The lowest BCUT2D eigenvalue weighted by molar-refractivity contribution is -0.140. The smallest absolute Gasteiger partial charge is 0.307 e. The number of aliphatic hydroxyl groups excluding tert-OH is 2. The van der Waals surface area contributed by atoms with E-state index >= 15 is 0 Å². The highest BCUT2D eigenvalue weighted by Crippen LogP contribution is 2.37. The van der Waals surface area contributed by atoms with Crippen molar-refractivity contribution in [3.63, 3.8) is 0 Å². The number of carbonyl (C=O) groups is 2. The van der Waals surface area contributed by atoms with Crippen LogP contribution in [-0.4, -0.2) is 41.5 Å². The first kappa shape index (κ1) is 25.4. The number of esters is 2. The van der Waals surface area contributed by atoms with Crippen molar-refractivity contribution in [2.45, 2.75) is 96.7 Å². The monoisotopic (exact) mass is 410 g/mol. The summed E-state index contributed by atoms with van der Waals surface area (Å²) in [5.41, 5.74) is 0.942. The standard InChI is InChI=1S/C23H38O6/c1-4-5-8-11-18(25)14-15-19-20(22(16-21(19)26)29-17(2)24)12-9-6-7-10-13-23(27)28-3/h14-15,18-19,21,25-26H,4-13,16H2,1-3H3/b15-14+/t18-,19+,21+/m0/s1. The second kappa shape index (κ2) is 14.3. The number of hydrogen-bond donors (Lipinski definition) is 2. The minimum atomic E-state index is -0.641. The van der Waals surface area contributed by atoms with Crippen LogP contribution in [0.2, 0.25) is 0 Å². The van der Waals surface area contributed by atoms with Gasteiger partial charge in [0.25, 0.3) is 0 Å². The Morgan fingerprint density at radius 2 is 1.90 bits per heavy atom. The van der Waals surface area contributed by atoms with Gasteiger partial charge in [0.15, 0.2) is 0 Å². The minimum Gasteiger partial charge on any atom is -0.469 e. The number of ether oxygens (including phenoxy) is 2. The van der Waals surface area contributed by atoms with Crippen molar-refractivity contribution < 1.29 is 29.3 Å². The Morgan fingerprint density at radius 3 is 2.55 bits per heavy atom. The molecule has 2 N–H and O–H groups in total. The number of carbonyl (C=O) groups excluding carboxylic acids is 2. The molecule has 0 saturated heterocycles. The zero-order valence-corrected chi connectivity index (χ0v) is 18.2. The summed E-state index contributed by atoms with van der Waals surface area (Å²) in [6, 6.07) is 0. The molecular formula is C23H38O6. The average molecular weight is 411 g/mol. The van der Waals surface area contributed by atoms with Crippen LogP contribution in [0.5, 0.6) is 0 Å². The zero-order chi connectivity index (χ0) is 21.6. The molecule has 0 aromatic rings. The highest BCUT2D eigenvalue weighted by Gasteiger charge is 2.33. The number of methoxy groups -OCH3 is 1. The van der Waals surface area contributed by atoms with Crippen molar-refractivity contribution in [1.82, 2.24) is 0 Å². The second-order valence-corrected chi connectivity index (χ2v) is 7.78. The lowest BCUT2D eigenvalue weighted by atomic mass is 9.93. The number of hydrogen-bond acceptors (Lipinski definition) is 6. The summed E-state index contributed by atoms with van der Waals surface area (Å²) in [4.78, 5) is 22.6. The van der Waals surface area contributed by atoms with Crippen LogP contribution in [0.3, 0.4) is 0 Å². The quantitative estimate of drug-likeness (QED) is 0.253. The lowest BCUT2D eigenvalue weighted by Gasteiger charge is -2.16. The molecule has 6 nitrogen and oxygen atoms in total. The Morgan fingerprint density at radius 1 is 1.17 bits per heavy atom. The molecule has 0 heterocycles. The summed E-state index contributed by atoms with van der Waals surface area (Å²) in [6.07, 6.45) is 11.4. The molecule has 0 spiro atoms. The molecule has 0 unspecified atom stereocenters. The van der Waals surface area contributed by atoms with Crippen molar-refractivity contribution in [3.8, 4) is 0 Å². The van der Waals surface area contributed by atoms with Gasteiger partial charge in [-0.15, -0.1) is 0 Å². The van der Waals surface area contributed by atoms with Gasteiger partial charge < -0.3 is 19.7 Å². The molecule has 1 rings (SSSR count). The van der Waals surface area contributed by atoms with Gasteiger partial charge in [0.2, 0.25) is 0 Å². The predicted molar refractivity (Wildman–Crippen MR) is 112 cm³/mol. The summed E-state index contributed by atoms with van der Waals surface area (Å²) in [5, 5.41) is 20.6. The number of aliphatic hydroxyl groups is 2. The molecule has 0 aromatic heterocycles. The minimum absolute atomic E-state index is 0.188. The molecule has 1 aliphatic carbocycles. The third kappa shape index (κ3) is 10.1. The molecule has 3 atom stereocenters. The topological polar surface area (TPSA) is 93.1 Å². The first-order chi connectivity index (χ1) is 13.9. The maximum Gasteiger partial charge on any atom is 0.307 e. The molecule has 0 amide bonds. The predicted octanol–water partition coefficient (Wildman–Crippen LogP) is 4.20. The first-order valence-electron chi connectivity index (χ1n) is 10.9. The summed E-state index contributed by atoms with van der Waals surface area (Å²) >= 11 is 0. The Bertz CT molecular complexity index is 566. The van der Waals surface area contributed by atoms with E-state index in [1.165, 1.54) is 14.0 Å². The van der Waals surface area contributed by atoms with Crippen molar-refractivity contribution in [1.29, 1.82) is 0 Å². The van der Waals surface area contributed by atoms with Crippen LogP contribution in [0.15, 0.2) is 23.5 Å². The molecule has 6 heteroatoms. The van der Waals surface area contributed by atoms with E-state index in [1.54, 1.807) is 6.08 Å². The van der Waals surface area contributed by atoms with Crippen LogP contribution in [-0.2, 0) is 19.1 Å². The Balaban J connectivity index is 2.63. The van der Waals surface area contributed by atoms with Crippen LogP contribution in [0, 0.1) is 5.92 Å². The fourth-order valence-electron chi connectivity index (χ4n) is 3.69. The Hall–Kier alpha value is -1.66. The third-order valence-corrected chi connectivity index (χ3v) is 5.29. The van der Waals surface area contributed by atoms with Gasteiger partial charge in [-0.25, -0.2) is 0 Å². The molecule has 29 heavy (non-hydrogen) atoms. The van der Waals surface area contributed by atoms with Gasteiger partial charge >= 0.3 is 11.9 Å². The van der Waals surface area contributed by atoms with E-state index in [4.69, 9.17) is 4.74 Å². The molecule has 1 aliphatic rings. The molecule has 166 valence electrons. The summed E-state index contributed by atoms with van der Waals surface area (Å²) in [5.74, 6) is -0.242. The molecule has 0 aromatic carbocycles. The van der Waals surface area contributed by atoms with Crippen molar-refractivity contribution in [2.75, 3.05) is 7.11 Å². The first-order valence-corrected chi connectivity index (χ1v) is 10.9. The van der Waals surface area contributed by atoms with Gasteiger partial charge in [-0.2, -0.15) is 0 Å². The molecular weight excluding hydrogens is 372 g/mol. The molecule has 0 saturated carbocycles. The normalized spacial score (nSPS) is 20.3. The SMILES string of the molecule is CCCCC[C@H](O)/C=C/[C@@H]1C(CCCCCCC(=O)OC)=C(OC(C)=O)C[C@H]1O. The maximum atomic E-state index is 11.4. The van der Waals surface area contributed by atoms with E-state index in [2.05, 4.69) is 11.7 Å². The largest absolute Gasteiger partial charge is 0.469 e. The van der Waals surface area contributed by atoms with Gasteiger partial charge in [0.05, 0.1) is 19.3 Å². The average Bonchev–Trinajstić information content (AvgIpc) is 2.96. The Labute approximate surface area is 175 Å². The zero-order valence-electron chi connectivity index (χ0n) is 18.2. The fourth-order valence-corrected chi connectivity index (χ4v) is 3.69. The van der Waals surface area contributed by atoms with Crippen LogP contribution in [0.4, 0.5) is 0 Å². The number of unbranched alkanes of at least 4 members (excludes halogenated alkanes) is 5. The lowest BCUT2D eigenvalue weighted by Crippen LogP contribution is -2.15. The third-order valence-electron chi connectivity index (χ3n) is 5.29. The van der Waals surface area contributed by atoms with E-state index in [0.29, 0.717) is 25.0 Å². The van der Waals surface area contributed by atoms with E-state index in [0.717, 1.165) is 56.9 Å². The van der Waals surface area contributed by atoms with E-state index < -0.39 is 12.2 Å². The molecule has 0 aliphatic heterocycles. The van der Waals surface area contributed by atoms with Gasteiger partial charge in [0.1, 0.15) is 5.76 Å². The van der Waals surface area contributed by atoms with Crippen molar-refractivity contribution >= 4 is 11.9 Å². The second-order valence-electron chi connectivity index (χ2n) is 7.78. The van der Waals surface area contributed by atoms with E-state index in [1.807, 2.05) is 6.08 Å². The van der Waals surface area contributed by atoms with Crippen molar-refractivity contribution in [3.05, 3.63) is 23.5 Å². The summed E-state index contributed by atoms with van der Waals surface area (Å²) in [6.45, 7) is 3.49. The van der Waals surface area contributed by atoms with Crippen LogP contribution >= 0.6 is 0 Å². The van der Waals surface area contributed by atoms with Crippen molar-refractivity contribution in [2.24, 2.45) is 5.92 Å². The highest BCUT2D eigenvalue weighted by atomic mass is 16.5. The number of rotatable bonds is 14. The van der Waals surface area contributed by atoms with Gasteiger partial charge in [-0.3, -0.25) is 9.59 Å². The van der Waals surface area contributed by atoms with E-state index in [-0.39, 0.29) is 17.9 Å². The van der Waals surface area contributed by atoms with Crippen LogP contribution in [0.25, 0.3) is 0 Å². The summed E-state index contributed by atoms with van der Waals surface area (Å²) in [7, 11) is 1.39. The van der Waals surface area contributed by atoms with E-state index in [9.17, 15) is 19.8 Å². The molecule has 0 fully saturated rings. The molecule has 0 radical (unpaired) electrons.